The number of ether oxygens (including phenoxy) is 2. The van der Waals surface area contributed by atoms with Crippen LogP contribution in [0.1, 0.15) is 6.92 Å². The summed E-state index contributed by atoms with van der Waals surface area (Å²) in [6.07, 6.45) is 0. The summed E-state index contributed by atoms with van der Waals surface area (Å²) in [5.74, 6) is 0.848. The van der Waals surface area contributed by atoms with Gasteiger partial charge in [0.2, 0.25) is 0 Å². The smallest absolute Gasteiger partial charge is 0.269 e. The molecule has 0 aliphatic heterocycles. The average Bonchev–Trinajstić information content (AvgIpc) is 2.62. The minimum absolute atomic E-state index is 0.0511. The lowest BCUT2D eigenvalue weighted by atomic mass is 10.2. The molecule has 0 atom stereocenters. The van der Waals surface area contributed by atoms with Crippen molar-refractivity contribution in [3.8, 4) is 11.5 Å². The molecular weight excluding hydrogens is 348 g/mol. The van der Waals surface area contributed by atoms with Crippen LogP contribution in [0, 0.1) is 10.1 Å². The Kier molecular flexibility index (Phi) is 5.48. The van der Waals surface area contributed by atoms with Crippen LogP contribution >= 0.6 is 0 Å². The molecule has 0 radical (unpaired) electrons. The van der Waals surface area contributed by atoms with E-state index in [1.807, 2.05) is 0 Å². The van der Waals surface area contributed by atoms with E-state index in [1.165, 1.54) is 26.4 Å². The van der Waals surface area contributed by atoms with Gasteiger partial charge in [0.1, 0.15) is 11.5 Å². The third-order valence-corrected chi connectivity index (χ3v) is 5.48. The van der Waals surface area contributed by atoms with E-state index < -0.39 is 14.9 Å². The van der Waals surface area contributed by atoms with Gasteiger partial charge >= 0.3 is 0 Å². The molecule has 2 aromatic rings. The first-order valence-corrected chi connectivity index (χ1v) is 8.78. The molecule has 0 aromatic heterocycles. The third-order valence-electron chi connectivity index (χ3n) is 3.58. The van der Waals surface area contributed by atoms with Crippen molar-refractivity contribution in [2.45, 2.75) is 11.8 Å². The number of hydrogen-bond acceptors (Lipinski definition) is 6. The summed E-state index contributed by atoms with van der Waals surface area (Å²) >= 11 is 0. The molecule has 0 bridgehead atoms. The molecule has 0 N–H and O–H groups in total. The molecule has 0 amide bonds. The van der Waals surface area contributed by atoms with Gasteiger partial charge in [0, 0.05) is 24.7 Å². The SMILES string of the molecule is CCN(c1cc(OC)ccc1OC)S(=O)(=O)c1ccc([N+](=O)[O-])cc1. The summed E-state index contributed by atoms with van der Waals surface area (Å²) in [6, 6.07) is 9.57. The van der Waals surface area contributed by atoms with Gasteiger partial charge in [-0.15, -0.1) is 0 Å². The van der Waals surface area contributed by atoms with E-state index in [-0.39, 0.29) is 17.1 Å². The Balaban J connectivity index is 2.53. The summed E-state index contributed by atoms with van der Waals surface area (Å²) in [5.41, 5.74) is 0.142. The summed E-state index contributed by atoms with van der Waals surface area (Å²) in [5, 5.41) is 10.7. The van der Waals surface area contributed by atoms with Gasteiger partial charge in [0.05, 0.1) is 29.7 Å². The van der Waals surface area contributed by atoms with Crippen LogP contribution in [0.15, 0.2) is 47.4 Å². The first-order valence-electron chi connectivity index (χ1n) is 7.34. The highest BCUT2D eigenvalue weighted by molar-refractivity contribution is 7.92. The Bertz CT molecular complexity index is 865. The lowest BCUT2D eigenvalue weighted by Gasteiger charge is -2.25. The number of nitro benzene ring substituents is 1. The van der Waals surface area contributed by atoms with Crippen LogP contribution < -0.4 is 13.8 Å². The first kappa shape index (κ1) is 18.5. The highest BCUT2D eigenvalue weighted by Crippen LogP contribution is 2.35. The second-order valence-electron chi connectivity index (χ2n) is 4.96. The number of benzene rings is 2. The van der Waals surface area contributed by atoms with Gasteiger partial charge in [-0.25, -0.2) is 8.42 Å². The molecule has 0 saturated carbocycles. The zero-order valence-electron chi connectivity index (χ0n) is 14.0. The maximum atomic E-state index is 13.0. The van der Waals surface area contributed by atoms with E-state index in [1.54, 1.807) is 25.1 Å². The summed E-state index contributed by atoms with van der Waals surface area (Å²) < 4.78 is 37.5. The lowest BCUT2D eigenvalue weighted by molar-refractivity contribution is -0.384. The molecule has 0 unspecified atom stereocenters. The minimum atomic E-state index is -3.93. The lowest BCUT2D eigenvalue weighted by Crippen LogP contribution is -2.31. The van der Waals surface area contributed by atoms with Crippen molar-refractivity contribution in [1.82, 2.24) is 0 Å². The predicted octanol–water partition coefficient (Wildman–Crippen LogP) is 2.83. The summed E-state index contributed by atoms with van der Waals surface area (Å²) in [6.45, 7) is 1.82. The maximum Gasteiger partial charge on any atom is 0.269 e. The molecular formula is C16H18N2O6S. The average molecular weight is 366 g/mol. The van der Waals surface area contributed by atoms with Gasteiger partial charge in [-0.3, -0.25) is 14.4 Å². The standard InChI is InChI=1S/C16H18N2O6S/c1-4-17(15-11-13(23-2)7-10-16(15)24-3)25(21,22)14-8-5-12(6-9-14)18(19)20/h5-11H,4H2,1-3H3. The number of nitrogens with zero attached hydrogens (tertiary/aromatic N) is 2. The summed E-state index contributed by atoms with van der Waals surface area (Å²) in [7, 11) is -1.01. The highest BCUT2D eigenvalue weighted by Gasteiger charge is 2.27. The van der Waals surface area contributed by atoms with Crippen molar-refractivity contribution < 1.29 is 22.8 Å². The van der Waals surface area contributed by atoms with Crippen molar-refractivity contribution >= 4 is 21.4 Å². The molecule has 134 valence electrons. The normalized spacial score (nSPS) is 11.0. The molecule has 0 heterocycles. The van der Waals surface area contributed by atoms with E-state index in [4.69, 9.17) is 9.47 Å². The Labute approximate surface area is 145 Å². The first-order chi connectivity index (χ1) is 11.8. The number of nitro groups is 1. The van der Waals surface area contributed by atoms with Gasteiger partial charge in [0.25, 0.3) is 15.7 Å². The van der Waals surface area contributed by atoms with E-state index in [0.29, 0.717) is 17.2 Å². The molecule has 25 heavy (non-hydrogen) atoms. The molecule has 9 heteroatoms. The molecule has 0 aliphatic carbocycles. The second-order valence-corrected chi connectivity index (χ2v) is 6.82. The molecule has 0 fully saturated rings. The van der Waals surface area contributed by atoms with Crippen molar-refractivity contribution in [3.63, 3.8) is 0 Å². The fourth-order valence-electron chi connectivity index (χ4n) is 2.33. The molecule has 2 rings (SSSR count). The van der Waals surface area contributed by atoms with Gasteiger partial charge in [-0.05, 0) is 31.2 Å². The van der Waals surface area contributed by atoms with Crippen LogP contribution in [0.25, 0.3) is 0 Å². The third kappa shape index (κ3) is 3.66. The number of anilines is 1. The van der Waals surface area contributed by atoms with E-state index in [9.17, 15) is 18.5 Å². The fourth-order valence-corrected chi connectivity index (χ4v) is 3.80. The Morgan fingerprint density at radius 3 is 2.20 bits per heavy atom. The molecule has 0 spiro atoms. The summed E-state index contributed by atoms with van der Waals surface area (Å²) in [4.78, 5) is 10.1. The van der Waals surface area contributed by atoms with Crippen LogP contribution in [0.2, 0.25) is 0 Å². The topological polar surface area (TPSA) is 99.0 Å². The molecule has 0 saturated heterocycles. The minimum Gasteiger partial charge on any atom is -0.497 e. The van der Waals surface area contributed by atoms with Gasteiger partial charge in [-0.2, -0.15) is 0 Å². The van der Waals surface area contributed by atoms with Crippen molar-refractivity contribution in [1.29, 1.82) is 0 Å². The van der Waals surface area contributed by atoms with Gasteiger partial charge in [0.15, 0.2) is 0 Å². The highest BCUT2D eigenvalue weighted by atomic mass is 32.2. The van der Waals surface area contributed by atoms with Crippen LogP contribution in [-0.4, -0.2) is 34.1 Å². The molecule has 8 nitrogen and oxygen atoms in total. The van der Waals surface area contributed by atoms with Crippen LogP contribution in [0.4, 0.5) is 11.4 Å². The van der Waals surface area contributed by atoms with Crippen LogP contribution in [0.3, 0.4) is 0 Å². The van der Waals surface area contributed by atoms with E-state index in [2.05, 4.69) is 0 Å². The predicted molar refractivity (Wildman–Crippen MR) is 92.8 cm³/mol. The van der Waals surface area contributed by atoms with Crippen molar-refractivity contribution in [2.75, 3.05) is 25.1 Å². The Morgan fingerprint density at radius 1 is 1.08 bits per heavy atom. The number of non-ortho nitro benzene ring substituents is 1. The largest absolute Gasteiger partial charge is 0.497 e. The van der Waals surface area contributed by atoms with Crippen LogP contribution in [-0.2, 0) is 10.0 Å². The Morgan fingerprint density at radius 2 is 1.72 bits per heavy atom. The molecule has 2 aromatic carbocycles. The Hall–Kier alpha value is -2.81. The maximum absolute atomic E-state index is 13.0. The van der Waals surface area contributed by atoms with E-state index in [0.717, 1.165) is 16.4 Å². The van der Waals surface area contributed by atoms with Crippen LogP contribution in [0.5, 0.6) is 11.5 Å². The number of sulfonamides is 1. The second kappa shape index (κ2) is 7.39. The van der Waals surface area contributed by atoms with Gasteiger partial charge in [-0.1, -0.05) is 0 Å². The number of hydrogen-bond donors (Lipinski definition) is 0. The fraction of sp³-hybridized carbons (Fsp3) is 0.250. The van der Waals surface area contributed by atoms with Crippen molar-refractivity contribution in [3.05, 3.63) is 52.6 Å². The number of methoxy groups -OCH3 is 2. The molecule has 0 aliphatic rings. The zero-order valence-corrected chi connectivity index (χ0v) is 14.8. The van der Waals surface area contributed by atoms with E-state index >= 15 is 0 Å². The quantitative estimate of drug-likeness (QED) is 0.552. The zero-order chi connectivity index (χ0) is 18.6. The monoisotopic (exact) mass is 366 g/mol. The number of rotatable bonds is 7. The van der Waals surface area contributed by atoms with Crippen molar-refractivity contribution in [2.24, 2.45) is 0 Å². The van der Waals surface area contributed by atoms with Gasteiger partial charge < -0.3 is 9.47 Å².